The number of hydrogen-bond donors (Lipinski definition) is 1. The number of fused-ring (bicyclic) bond motifs is 1. The number of halogens is 1. The summed E-state index contributed by atoms with van der Waals surface area (Å²) in [6.07, 6.45) is -0.701. The third kappa shape index (κ3) is 4.21. The number of ether oxygens (including phenoxy) is 1. The van der Waals surface area contributed by atoms with Crippen molar-refractivity contribution in [2.24, 2.45) is 0 Å². The molecule has 1 N–H and O–H groups in total. The summed E-state index contributed by atoms with van der Waals surface area (Å²) >= 11 is 1.45. The first kappa shape index (κ1) is 15.8. The molecule has 5 heteroatoms. The molecule has 0 amide bonds. The van der Waals surface area contributed by atoms with E-state index in [4.69, 9.17) is 4.74 Å². The molecule has 1 atom stereocenters. The lowest BCUT2D eigenvalue weighted by Gasteiger charge is -2.12. The largest absolute Gasteiger partial charge is 0.488 e. The molecular formula is C18H16FNO2S. The average Bonchev–Trinajstić information content (AvgIpc) is 2.59. The van der Waals surface area contributed by atoms with E-state index in [1.807, 2.05) is 36.4 Å². The number of thioether (sulfide) groups is 1. The van der Waals surface area contributed by atoms with Gasteiger partial charge in [-0.05, 0) is 24.3 Å². The third-order valence-corrected chi connectivity index (χ3v) is 4.34. The van der Waals surface area contributed by atoms with Gasteiger partial charge in [-0.15, -0.1) is 11.8 Å². The molecule has 0 bridgehead atoms. The van der Waals surface area contributed by atoms with Gasteiger partial charge in [0, 0.05) is 11.1 Å². The summed E-state index contributed by atoms with van der Waals surface area (Å²) in [7, 11) is 0. The Labute approximate surface area is 138 Å². The molecule has 0 spiro atoms. The number of rotatable bonds is 6. The first-order chi connectivity index (χ1) is 11.2. The third-order valence-electron chi connectivity index (χ3n) is 3.26. The molecule has 3 rings (SSSR count). The van der Waals surface area contributed by atoms with Gasteiger partial charge in [0.2, 0.25) is 0 Å². The van der Waals surface area contributed by atoms with Crippen molar-refractivity contribution in [1.29, 1.82) is 0 Å². The lowest BCUT2D eigenvalue weighted by Crippen LogP contribution is -2.20. The number of aliphatic hydroxyl groups excluding tert-OH is 1. The number of hydrogen-bond acceptors (Lipinski definition) is 4. The molecule has 0 radical (unpaired) electrons. The van der Waals surface area contributed by atoms with Crippen LogP contribution in [0.25, 0.3) is 10.9 Å². The SMILES string of the molecule is OC(COc1ccccc1F)CSc1ccc2ccccc2n1. The topological polar surface area (TPSA) is 42.4 Å². The minimum absolute atomic E-state index is 0.0432. The van der Waals surface area contributed by atoms with E-state index >= 15 is 0 Å². The minimum Gasteiger partial charge on any atom is -0.488 e. The van der Waals surface area contributed by atoms with Gasteiger partial charge < -0.3 is 9.84 Å². The molecular weight excluding hydrogens is 313 g/mol. The number of aromatic nitrogens is 1. The molecule has 0 aliphatic rings. The molecule has 1 unspecified atom stereocenters. The van der Waals surface area contributed by atoms with Crippen LogP contribution >= 0.6 is 11.8 Å². The summed E-state index contributed by atoms with van der Waals surface area (Å²) in [5.74, 6) is 0.156. The van der Waals surface area contributed by atoms with Crippen LogP contribution in [0, 0.1) is 5.82 Å². The van der Waals surface area contributed by atoms with Crippen LogP contribution in [0.3, 0.4) is 0 Å². The van der Waals surface area contributed by atoms with E-state index in [9.17, 15) is 9.50 Å². The van der Waals surface area contributed by atoms with Crippen molar-refractivity contribution in [2.45, 2.75) is 11.1 Å². The lowest BCUT2D eigenvalue weighted by atomic mass is 10.2. The predicted molar refractivity (Wildman–Crippen MR) is 90.4 cm³/mol. The molecule has 118 valence electrons. The van der Waals surface area contributed by atoms with E-state index in [-0.39, 0.29) is 12.4 Å². The number of pyridine rings is 1. The van der Waals surface area contributed by atoms with Crippen LogP contribution in [-0.4, -0.2) is 28.6 Å². The van der Waals surface area contributed by atoms with E-state index in [0.717, 1.165) is 15.9 Å². The summed E-state index contributed by atoms with van der Waals surface area (Å²) in [5, 5.41) is 11.9. The van der Waals surface area contributed by atoms with Gasteiger partial charge in [-0.1, -0.05) is 36.4 Å². The van der Waals surface area contributed by atoms with E-state index in [0.29, 0.717) is 5.75 Å². The van der Waals surface area contributed by atoms with Crippen molar-refractivity contribution >= 4 is 22.7 Å². The van der Waals surface area contributed by atoms with Crippen molar-refractivity contribution < 1.29 is 14.2 Å². The van der Waals surface area contributed by atoms with Crippen LogP contribution < -0.4 is 4.74 Å². The Morgan fingerprint density at radius 3 is 2.70 bits per heavy atom. The predicted octanol–water partition coefficient (Wildman–Crippen LogP) is 3.91. The van der Waals surface area contributed by atoms with E-state index in [2.05, 4.69) is 4.98 Å². The molecule has 3 aromatic rings. The monoisotopic (exact) mass is 329 g/mol. The summed E-state index contributed by atoms with van der Waals surface area (Å²) in [6, 6.07) is 18.0. The standard InChI is InChI=1S/C18H16FNO2S/c19-15-6-2-4-8-17(15)22-11-14(21)12-23-18-10-9-13-5-1-3-7-16(13)20-18/h1-10,14,21H,11-12H2. The number of para-hydroxylation sites is 2. The minimum atomic E-state index is -0.701. The highest BCUT2D eigenvalue weighted by molar-refractivity contribution is 7.99. The first-order valence-electron chi connectivity index (χ1n) is 7.26. The number of nitrogens with zero attached hydrogens (tertiary/aromatic N) is 1. The number of benzene rings is 2. The van der Waals surface area contributed by atoms with Crippen molar-refractivity contribution in [3.63, 3.8) is 0 Å². The van der Waals surface area contributed by atoms with Crippen molar-refractivity contribution in [3.8, 4) is 5.75 Å². The van der Waals surface area contributed by atoms with Gasteiger partial charge in [0.1, 0.15) is 6.61 Å². The molecule has 0 saturated carbocycles. The summed E-state index contributed by atoms with van der Waals surface area (Å²) < 4.78 is 18.7. The fraction of sp³-hybridized carbons (Fsp3) is 0.167. The second kappa shape index (κ2) is 7.44. The smallest absolute Gasteiger partial charge is 0.165 e. The zero-order chi connectivity index (χ0) is 16.1. The second-order valence-electron chi connectivity index (χ2n) is 5.05. The van der Waals surface area contributed by atoms with Gasteiger partial charge in [-0.3, -0.25) is 0 Å². The zero-order valence-corrected chi connectivity index (χ0v) is 13.2. The van der Waals surface area contributed by atoms with Crippen LogP contribution in [0.15, 0.2) is 65.7 Å². The maximum atomic E-state index is 13.4. The van der Waals surface area contributed by atoms with Crippen molar-refractivity contribution in [3.05, 3.63) is 66.5 Å². The van der Waals surface area contributed by atoms with Crippen LogP contribution in [0.2, 0.25) is 0 Å². The fourth-order valence-corrected chi connectivity index (χ4v) is 2.89. The Hall–Kier alpha value is -2.11. The average molecular weight is 329 g/mol. The summed E-state index contributed by atoms with van der Waals surface area (Å²) in [6.45, 7) is 0.0432. The van der Waals surface area contributed by atoms with Crippen molar-refractivity contribution in [2.75, 3.05) is 12.4 Å². The number of aliphatic hydroxyl groups is 1. The van der Waals surface area contributed by atoms with Crippen LogP contribution in [-0.2, 0) is 0 Å². The van der Waals surface area contributed by atoms with Gasteiger partial charge in [0.15, 0.2) is 11.6 Å². The lowest BCUT2D eigenvalue weighted by molar-refractivity contribution is 0.123. The highest BCUT2D eigenvalue weighted by atomic mass is 32.2. The Balaban J connectivity index is 1.53. The Bertz CT molecular complexity index is 797. The van der Waals surface area contributed by atoms with Gasteiger partial charge in [-0.2, -0.15) is 0 Å². The molecule has 0 fully saturated rings. The van der Waals surface area contributed by atoms with Gasteiger partial charge in [0.05, 0.1) is 16.6 Å². The quantitative estimate of drug-likeness (QED) is 0.696. The molecule has 3 nitrogen and oxygen atoms in total. The molecule has 23 heavy (non-hydrogen) atoms. The highest BCUT2D eigenvalue weighted by Crippen LogP contribution is 2.21. The maximum Gasteiger partial charge on any atom is 0.165 e. The van der Waals surface area contributed by atoms with Gasteiger partial charge in [-0.25, -0.2) is 9.37 Å². The van der Waals surface area contributed by atoms with Gasteiger partial charge >= 0.3 is 0 Å². The molecule has 0 aliphatic heterocycles. The zero-order valence-electron chi connectivity index (χ0n) is 12.4. The molecule has 1 heterocycles. The highest BCUT2D eigenvalue weighted by Gasteiger charge is 2.09. The molecule has 1 aromatic heterocycles. The van der Waals surface area contributed by atoms with Crippen LogP contribution in [0.1, 0.15) is 0 Å². The second-order valence-corrected chi connectivity index (χ2v) is 6.09. The Morgan fingerprint density at radius 2 is 1.83 bits per heavy atom. The first-order valence-corrected chi connectivity index (χ1v) is 8.25. The van der Waals surface area contributed by atoms with E-state index in [1.54, 1.807) is 18.2 Å². The normalized spacial score (nSPS) is 12.3. The van der Waals surface area contributed by atoms with E-state index < -0.39 is 11.9 Å². The van der Waals surface area contributed by atoms with Crippen molar-refractivity contribution in [1.82, 2.24) is 4.98 Å². The Morgan fingerprint density at radius 1 is 1.04 bits per heavy atom. The molecule has 2 aromatic carbocycles. The summed E-state index contributed by atoms with van der Waals surface area (Å²) in [5.41, 5.74) is 0.926. The molecule has 0 aliphatic carbocycles. The van der Waals surface area contributed by atoms with E-state index in [1.165, 1.54) is 17.8 Å². The maximum absolute atomic E-state index is 13.4. The summed E-state index contributed by atoms with van der Waals surface area (Å²) in [4.78, 5) is 4.53. The molecule has 0 saturated heterocycles. The fourth-order valence-electron chi connectivity index (χ4n) is 2.11. The van der Waals surface area contributed by atoms with Crippen LogP contribution in [0.5, 0.6) is 5.75 Å². The Kier molecular flexibility index (Phi) is 5.10. The van der Waals surface area contributed by atoms with Gasteiger partial charge in [0.25, 0.3) is 0 Å². The van der Waals surface area contributed by atoms with Crippen LogP contribution in [0.4, 0.5) is 4.39 Å².